The number of hydrogen-bond acceptors (Lipinski definition) is 5. The van der Waals surface area contributed by atoms with Gasteiger partial charge in [-0.05, 0) is 53.7 Å². The molecule has 8 heteroatoms. The van der Waals surface area contributed by atoms with E-state index in [0.717, 1.165) is 11.3 Å². The number of tetrazole rings is 1. The van der Waals surface area contributed by atoms with Gasteiger partial charge in [-0.3, -0.25) is 4.79 Å². The number of carbonyl (C=O) groups is 1. The third-order valence-corrected chi connectivity index (χ3v) is 4.35. The minimum Gasteiger partial charge on any atom is -0.460 e. The Bertz CT molecular complexity index is 1110. The van der Waals surface area contributed by atoms with Crippen LogP contribution in [0.15, 0.2) is 65.3 Å². The van der Waals surface area contributed by atoms with Gasteiger partial charge in [0.25, 0.3) is 5.91 Å². The molecule has 0 saturated carbocycles. The first kappa shape index (κ1) is 17.0. The van der Waals surface area contributed by atoms with Crippen LogP contribution in [0.5, 0.6) is 0 Å². The molecule has 0 fully saturated rings. The number of hydrogen-bond donors (Lipinski definition) is 1. The van der Waals surface area contributed by atoms with Crippen LogP contribution in [0, 0.1) is 6.92 Å². The highest BCUT2D eigenvalue weighted by atomic mass is 35.5. The second-order valence-electron chi connectivity index (χ2n) is 5.82. The highest BCUT2D eigenvalue weighted by Crippen LogP contribution is 2.31. The number of rotatable bonds is 4. The molecule has 134 valence electrons. The van der Waals surface area contributed by atoms with Gasteiger partial charge in [-0.15, -0.1) is 5.10 Å². The molecule has 2 heterocycles. The van der Waals surface area contributed by atoms with Gasteiger partial charge in [-0.1, -0.05) is 29.8 Å². The highest BCUT2D eigenvalue weighted by Gasteiger charge is 2.17. The number of anilines is 1. The first-order valence-electron chi connectivity index (χ1n) is 8.12. The van der Waals surface area contributed by atoms with E-state index in [1.807, 2.05) is 30.3 Å². The number of nitrogens with one attached hydrogen (secondary N) is 1. The number of nitrogens with zero attached hydrogens (tertiary/aromatic N) is 4. The molecule has 1 N–H and O–H groups in total. The zero-order valence-corrected chi connectivity index (χ0v) is 15.0. The van der Waals surface area contributed by atoms with Crippen LogP contribution in [0.1, 0.15) is 16.1 Å². The summed E-state index contributed by atoms with van der Waals surface area (Å²) in [5, 5.41) is 14.5. The van der Waals surface area contributed by atoms with Gasteiger partial charge in [0.15, 0.2) is 0 Å². The van der Waals surface area contributed by atoms with Gasteiger partial charge >= 0.3 is 0 Å². The third-order valence-electron chi connectivity index (χ3n) is 4.02. The maximum Gasteiger partial charge on any atom is 0.259 e. The number of aryl methyl sites for hydroxylation is 1. The average Bonchev–Trinajstić information content (AvgIpc) is 3.32. The molecule has 2 aromatic heterocycles. The first-order valence-corrected chi connectivity index (χ1v) is 8.50. The monoisotopic (exact) mass is 379 g/mol. The van der Waals surface area contributed by atoms with Crippen molar-refractivity contribution in [1.82, 2.24) is 20.2 Å². The van der Waals surface area contributed by atoms with Gasteiger partial charge in [0.1, 0.15) is 17.8 Å². The Morgan fingerprint density at radius 3 is 2.78 bits per heavy atom. The normalized spacial score (nSPS) is 10.7. The average molecular weight is 380 g/mol. The van der Waals surface area contributed by atoms with Crippen LogP contribution in [-0.2, 0) is 0 Å². The summed E-state index contributed by atoms with van der Waals surface area (Å²) < 4.78 is 7.26. The van der Waals surface area contributed by atoms with Gasteiger partial charge in [0.2, 0.25) is 0 Å². The zero-order valence-electron chi connectivity index (χ0n) is 14.3. The number of halogens is 1. The summed E-state index contributed by atoms with van der Waals surface area (Å²) in [4.78, 5) is 12.7. The SMILES string of the molecule is Cc1oc(-c2ccccc2Cl)cc1C(=O)Nc1cccc(-n2cnnn2)c1. The number of benzene rings is 2. The Morgan fingerprint density at radius 1 is 1.15 bits per heavy atom. The first-order chi connectivity index (χ1) is 13.1. The van der Waals surface area contributed by atoms with Crippen molar-refractivity contribution < 1.29 is 9.21 Å². The van der Waals surface area contributed by atoms with Crippen molar-refractivity contribution in [3.8, 4) is 17.0 Å². The lowest BCUT2D eigenvalue weighted by atomic mass is 10.1. The molecule has 1 amide bonds. The molecule has 0 bridgehead atoms. The predicted octanol–water partition coefficient (Wildman–Crippen LogP) is 4.14. The molecule has 0 unspecified atom stereocenters. The van der Waals surface area contributed by atoms with E-state index in [4.69, 9.17) is 16.0 Å². The molecular formula is C19H14ClN5O2. The van der Waals surface area contributed by atoms with Crippen LogP contribution >= 0.6 is 11.6 Å². The Balaban J connectivity index is 1.59. The lowest BCUT2D eigenvalue weighted by Gasteiger charge is -2.06. The summed E-state index contributed by atoms with van der Waals surface area (Å²) in [6.07, 6.45) is 1.48. The Labute approximate surface area is 159 Å². The molecule has 0 aliphatic heterocycles. The van der Waals surface area contributed by atoms with Crippen molar-refractivity contribution in [2.75, 3.05) is 5.32 Å². The summed E-state index contributed by atoms with van der Waals surface area (Å²) >= 11 is 6.22. The van der Waals surface area contributed by atoms with Crippen LogP contribution in [-0.4, -0.2) is 26.1 Å². The summed E-state index contributed by atoms with van der Waals surface area (Å²) in [5.41, 5.74) is 2.53. The van der Waals surface area contributed by atoms with Crippen LogP contribution in [0.3, 0.4) is 0 Å². The second-order valence-corrected chi connectivity index (χ2v) is 6.23. The fourth-order valence-electron chi connectivity index (χ4n) is 2.71. The molecule has 2 aromatic carbocycles. The second kappa shape index (κ2) is 7.05. The number of furan rings is 1. The van der Waals surface area contributed by atoms with Crippen molar-refractivity contribution in [2.24, 2.45) is 0 Å². The molecule has 0 spiro atoms. The molecule has 4 rings (SSSR count). The van der Waals surface area contributed by atoms with Crippen molar-refractivity contribution in [3.63, 3.8) is 0 Å². The van der Waals surface area contributed by atoms with Gasteiger partial charge in [-0.25, -0.2) is 4.68 Å². The Kier molecular flexibility index (Phi) is 4.43. The largest absolute Gasteiger partial charge is 0.460 e. The molecule has 27 heavy (non-hydrogen) atoms. The Hall–Kier alpha value is -3.45. The quantitative estimate of drug-likeness (QED) is 0.576. The summed E-state index contributed by atoms with van der Waals surface area (Å²) in [7, 11) is 0. The van der Waals surface area contributed by atoms with Crippen molar-refractivity contribution >= 4 is 23.2 Å². The summed E-state index contributed by atoms with van der Waals surface area (Å²) in [5.74, 6) is 0.785. The van der Waals surface area contributed by atoms with E-state index in [-0.39, 0.29) is 5.91 Å². The summed E-state index contributed by atoms with van der Waals surface area (Å²) in [6.45, 7) is 1.74. The fourth-order valence-corrected chi connectivity index (χ4v) is 2.93. The van der Waals surface area contributed by atoms with Crippen LogP contribution in [0.4, 0.5) is 5.69 Å². The van der Waals surface area contributed by atoms with Gasteiger partial charge < -0.3 is 9.73 Å². The minimum absolute atomic E-state index is 0.275. The lowest BCUT2D eigenvalue weighted by Crippen LogP contribution is -2.12. The summed E-state index contributed by atoms with van der Waals surface area (Å²) in [6, 6.07) is 16.2. The number of amides is 1. The van der Waals surface area contributed by atoms with Gasteiger partial charge in [0, 0.05) is 11.3 Å². The van der Waals surface area contributed by atoms with Crippen LogP contribution in [0.25, 0.3) is 17.0 Å². The topological polar surface area (TPSA) is 85.8 Å². The maximum atomic E-state index is 12.7. The predicted molar refractivity (Wildman–Crippen MR) is 101 cm³/mol. The van der Waals surface area contributed by atoms with Crippen LogP contribution in [0.2, 0.25) is 5.02 Å². The molecule has 0 saturated heterocycles. The lowest BCUT2D eigenvalue weighted by molar-refractivity contribution is 0.102. The minimum atomic E-state index is -0.275. The highest BCUT2D eigenvalue weighted by molar-refractivity contribution is 6.33. The van der Waals surface area contributed by atoms with E-state index in [1.165, 1.54) is 11.0 Å². The third kappa shape index (κ3) is 3.45. The fraction of sp³-hybridized carbons (Fsp3) is 0.0526. The van der Waals surface area contributed by atoms with E-state index in [1.54, 1.807) is 31.2 Å². The molecule has 7 nitrogen and oxygen atoms in total. The molecule has 0 aliphatic rings. The molecule has 0 aliphatic carbocycles. The van der Waals surface area contributed by atoms with E-state index in [2.05, 4.69) is 20.8 Å². The smallest absolute Gasteiger partial charge is 0.259 e. The van der Waals surface area contributed by atoms with Crippen molar-refractivity contribution in [1.29, 1.82) is 0 Å². The number of aromatic nitrogens is 4. The molecule has 0 radical (unpaired) electrons. The zero-order chi connectivity index (χ0) is 18.8. The van der Waals surface area contributed by atoms with E-state index < -0.39 is 0 Å². The van der Waals surface area contributed by atoms with E-state index >= 15 is 0 Å². The standard InChI is InChI=1S/C19H14ClN5O2/c1-12-16(10-18(27-12)15-7-2-3-8-17(15)20)19(26)22-13-5-4-6-14(9-13)25-11-21-23-24-25/h2-11H,1H3,(H,22,26). The molecule has 0 atom stereocenters. The van der Waals surface area contributed by atoms with E-state index in [9.17, 15) is 4.79 Å². The molecular weight excluding hydrogens is 366 g/mol. The van der Waals surface area contributed by atoms with Crippen LogP contribution < -0.4 is 5.32 Å². The van der Waals surface area contributed by atoms with Crippen molar-refractivity contribution in [2.45, 2.75) is 6.92 Å². The van der Waals surface area contributed by atoms with Crippen molar-refractivity contribution in [3.05, 3.63) is 77.3 Å². The Morgan fingerprint density at radius 2 is 2.00 bits per heavy atom. The van der Waals surface area contributed by atoms with Gasteiger partial charge in [-0.2, -0.15) is 0 Å². The molecule has 4 aromatic rings. The maximum absolute atomic E-state index is 12.7. The number of carbonyl (C=O) groups excluding carboxylic acids is 1. The van der Waals surface area contributed by atoms with Gasteiger partial charge in [0.05, 0.1) is 16.3 Å². The van der Waals surface area contributed by atoms with E-state index in [0.29, 0.717) is 27.8 Å².